The minimum atomic E-state index is -1.82. The van der Waals surface area contributed by atoms with E-state index in [-0.39, 0.29) is 16.8 Å². The van der Waals surface area contributed by atoms with Crippen molar-refractivity contribution in [1.82, 2.24) is 0 Å². The van der Waals surface area contributed by atoms with Gasteiger partial charge in [0, 0.05) is 17.7 Å². The van der Waals surface area contributed by atoms with Gasteiger partial charge in [0.15, 0.2) is 11.5 Å². The second-order valence-corrected chi connectivity index (χ2v) is 7.31. The van der Waals surface area contributed by atoms with E-state index < -0.39 is 36.7 Å². The molecule has 0 bridgehead atoms. The van der Waals surface area contributed by atoms with Crippen molar-refractivity contribution >= 4 is 16.9 Å². The van der Waals surface area contributed by atoms with Crippen molar-refractivity contribution in [2.24, 2.45) is 0 Å². The highest BCUT2D eigenvalue weighted by atomic mass is 16.7. The van der Waals surface area contributed by atoms with E-state index in [2.05, 4.69) is 0 Å². The number of benzene rings is 2. The summed E-state index contributed by atoms with van der Waals surface area (Å²) in [6.07, 6.45) is -8.67. The van der Waals surface area contributed by atoms with Crippen LogP contribution >= 0.6 is 0 Å². The van der Waals surface area contributed by atoms with Crippen LogP contribution in [0, 0.1) is 6.92 Å². The van der Waals surface area contributed by atoms with Crippen LogP contribution < -0.4 is 10.2 Å². The van der Waals surface area contributed by atoms with Crippen LogP contribution in [0.1, 0.15) is 5.56 Å². The lowest BCUT2D eigenvalue weighted by atomic mass is 9.99. The van der Waals surface area contributed by atoms with Crippen LogP contribution in [0.15, 0.2) is 57.7 Å². The van der Waals surface area contributed by atoms with Crippen LogP contribution in [0.2, 0.25) is 0 Å². The van der Waals surface area contributed by atoms with Crippen LogP contribution in [0.25, 0.3) is 22.3 Å². The summed E-state index contributed by atoms with van der Waals surface area (Å²) in [5, 5.41) is 39.4. The molecule has 1 aliphatic rings. The maximum Gasteiger partial charge on any atom is 0.335 e. The van der Waals surface area contributed by atoms with Crippen LogP contribution in [-0.4, -0.2) is 57.1 Å². The molecule has 31 heavy (non-hydrogen) atoms. The minimum absolute atomic E-state index is 0.121. The normalized spacial score (nSPS) is 26.0. The van der Waals surface area contributed by atoms with Crippen molar-refractivity contribution in [2.75, 3.05) is 0 Å². The number of rotatable bonds is 4. The number of ether oxygens (including phenoxy) is 2. The minimum Gasteiger partial charge on any atom is -0.479 e. The molecule has 0 amide bonds. The largest absolute Gasteiger partial charge is 0.479 e. The molecule has 2 heterocycles. The number of fused-ring (bicyclic) bond motifs is 1. The summed E-state index contributed by atoms with van der Waals surface area (Å²) in [5.74, 6) is -1.04. The van der Waals surface area contributed by atoms with Crippen LogP contribution in [0.4, 0.5) is 0 Å². The van der Waals surface area contributed by atoms with Gasteiger partial charge in [-0.3, -0.25) is 4.79 Å². The van der Waals surface area contributed by atoms with Gasteiger partial charge in [-0.1, -0.05) is 30.3 Å². The van der Waals surface area contributed by atoms with Gasteiger partial charge in [0.25, 0.3) is 0 Å². The van der Waals surface area contributed by atoms with E-state index in [4.69, 9.17) is 19.0 Å². The number of aliphatic hydroxyl groups is 3. The Morgan fingerprint density at radius 2 is 1.71 bits per heavy atom. The number of aryl methyl sites for hydroxylation is 1. The van der Waals surface area contributed by atoms with E-state index in [9.17, 15) is 24.9 Å². The Morgan fingerprint density at radius 1 is 1.00 bits per heavy atom. The summed E-state index contributed by atoms with van der Waals surface area (Å²) in [6, 6.07) is 13.4. The van der Waals surface area contributed by atoms with Gasteiger partial charge in [0.1, 0.15) is 35.4 Å². The molecule has 4 N–H and O–H groups in total. The van der Waals surface area contributed by atoms with E-state index in [0.29, 0.717) is 22.3 Å². The molecule has 1 fully saturated rings. The predicted octanol–water partition coefficient (Wildman–Crippen LogP) is 1.04. The first-order valence-electron chi connectivity index (χ1n) is 9.49. The number of carboxylic acid groups (broad SMARTS) is 1. The van der Waals surface area contributed by atoms with Crippen LogP contribution in [-0.2, 0) is 9.53 Å². The van der Waals surface area contributed by atoms with E-state index in [1.165, 1.54) is 18.2 Å². The summed E-state index contributed by atoms with van der Waals surface area (Å²) in [4.78, 5) is 23.9. The fraction of sp³-hybridized carbons (Fsp3) is 0.273. The van der Waals surface area contributed by atoms with Crippen molar-refractivity contribution in [3.63, 3.8) is 0 Å². The molecule has 0 radical (unpaired) electrons. The highest BCUT2D eigenvalue weighted by molar-refractivity contribution is 5.83. The Bertz CT molecular complexity index is 1170. The van der Waals surface area contributed by atoms with Gasteiger partial charge >= 0.3 is 5.97 Å². The quantitative estimate of drug-likeness (QED) is 0.478. The van der Waals surface area contributed by atoms with Gasteiger partial charge in [-0.25, -0.2) is 4.79 Å². The monoisotopic (exact) mass is 428 g/mol. The maximum absolute atomic E-state index is 12.7. The van der Waals surface area contributed by atoms with E-state index in [1.54, 1.807) is 19.1 Å². The van der Waals surface area contributed by atoms with Gasteiger partial charge in [0.05, 0.1) is 5.39 Å². The lowest BCUT2D eigenvalue weighted by molar-refractivity contribution is -0.271. The third-order valence-corrected chi connectivity index (χ3v) is 5.12. The molecule has 4 rings (SSSR count). The Balaban J connectivity index is 1.71. The topological polar surface area (TPSA) is 147 Å². The number of aliphatic carboxylic acids is 1. The van der Waals surface area contributed by atoms with E-state index >= 15 is 0 Å². The standard InChI is InChI=1S/C22H20O9/c1-10-7-12(29-22-19(26)17(24)18(25)20(31-22)21(27)28)8-15-16(10)13(23)9-14(30-15)11-5-3-2-4-6-11/h2-9,17-20,22,24-26H,1H3,(H,27,28). The Hall–Kier alpha value is -3.24. The zero-order valence-corrected chi connectivity index (χ0v) is 16.3. The molecule has 5 atom stereocenters. The van der Waals surface area contributed by atoms with Gasteiger partial charge in [-0.15, -0.1) is 0 Å². The van der Waals surface area contributed by atoms with Crippen molar-refractivity contribution in [1.29, 1.82) is 0 Å². The summed E-state index contributed by atoms with van der Waals surface area (Å²) < 4.78 is 16.6. The SMILES string of the molecule is Cc1cc(OC2OC(C(=O)O)C(O)C(O)C2O)cc2oc(-c3ccccc3)cc(=O)c12. The fourth-order valence-electron chi connectivity index (χ4n) is 3.55. The molecule has 162 valence electrons. The molecule has 9 heteroatoms. The zero-order chi connectivity index (χ0) is 22.3. The number of aliphatic hydroxyl groups excluding tert-OH is 3. The zero-order valence-electron chi connectivity index (χ0n) is 16.3. The number of carboxylic acids is 1. The van der Waals surface area contributed by atoms with Crippen LogP contribution in [0.5, 0.6) is 5.75 Å². The number of hydrogen-bond donors (Lipinski definition) is 4. The summed E-state index contributed by atoms with van der Waals surface area (Å²) in [7, 11) is 0. The van der Waals surface area contributed by atoms with Crippen molar-refractivity contribution in [2.45, 2.75) is 37.6 Å². The predicted molar refractivity (Wildman–Crippen MR) is 108 cm³/mol. The molecule has 0 spiro atoms. The third kappa shape index (κ3) is 3.91. The highest BCUT2D eigenvalue weighted by Crippen LogP contribution is 2.30. The van der Waals surface area contributed by atoms with Crippen LogP contribution in [0.3, 0.4) is 0 Å². The third-order valence-electron chi connectivity index (χ3n) is 5.12. The molecule has 1 saturated heterocycles. The smallest absolute Gasteiger partial charge is 0.335 e. The average Bonchev–Trinajstić information content (AvgIpc) is 2.74. The molecule has 9 nitrogen and oxygen atoms in total. The first-order valence-corrected chi connectivity index (χ1v) is 9.49. The average molecular weight is 428 g/mol. The Labute approximate surface area is 175 Å². The maximum atomic E-state index is 12.7. The fourth-order valence-corrected chi connectivity index (χ4v) is 3.55. The molecule has 2 aromatic carbocycles. The summed E-state index contributed by atoms with van der Waals surface area (Å²) in [6.45, 7) is 1.67. The van der Waals surface area contributed by atoms with Gasteiger partial charge in [-0.2, -0.15) is 0 Å². The first-order chi connectivity index (χ1) is 14.8. The number of carbonyl (C=O) groups is 1. The lowest BCUT2D eigenvalue weighted by Gasteiger charge is -2.38. The van der Waals surface area contributed by atoms with Crippen molar-refractivity contribution in [3.8, 4) is 17.1 Å². The van der Waals surface area contributed by atoms with E-state index in [1.807, 2.05) is 18.2 Å². The lowest BCUT2D eigenvalue weighted by Crippen LogP contribution is -2.61. The number of hydrogen-bond acceptors (Lipinski definition) is 8. The molecular formula is C22H20O9. The highest BCUT2D eigenvalue weighted by Gasteiger charge is 2.48. The van der Waals surface area contributed by atoms with Gasteiger partial charge in [0.2, 0.25) is 6.29 Å². The van der Waals surface area contributed by atoms with Crippen molar-refractivity contribution in [3.05, 3.63) is 64.3 Å². The first kappa shape index (κ1) is 21.0. The second-order valence-electron chi connectivity index (χ2n) is 7.31. The Morgan fingerprint density at radius 3 is 2.39 bits per heavy atom. The summed E-state index contributed by atoms with van der Waals surface area (Å²) >= 11 is 0. The van der Waals surface area contributed by atoms with Gasteiger partial charge < -0.3 is 34.3 Å². The molecule has 1 aromatic heterocycles. The summed E-state index contributed by atoms with van der Waals surface area (Å²) in [5.41, 5.74) is 1.21. The molecule has 1 aliphatic heterocycles. The van der Waals surface area contributed by atoms with Crippen molar-refractivity contribution < 1.29 is 39.1 Å². The molecule has 0 saturated carbocycles. The van der Waals surface area contributed by atoms with Gasteiger partial charge in [-0.05, 0) is 18.6 Å². The van der Waals surface area contributed by atoms with E-state index in [0.717, 1.165) is 0 Å². The second kappa shape index (κ2) is 8.12. The molecule has 3 aromatic rings. The molecule has 0 aliphatic carbocycles. The molecule has 5 unspecified atom stereocenters. The Kier molecular flexibility index (Phi) is 5.50. The molecular weight excluding hydrogens is 408 g/mol.